The van der Waals surface area contributed by atoms with Gasteiger partial charge in [-0.25, -0.2) is 8.42 Å². The Labute approximate surface area is 102 Å². The highest BCUT2D eigenvalue weighted by atomic mass is 32.2. The SMILES string of the molecule is C[C@@H](NC1CCS(=O)(=O)CC1)c1ccccn1. The van der Waals surface area contributed by atoms with Crippen molar-refractivity contribution in [1.29, 1.82) is 0 Å². The van der Waals surface area contributed by atoms with Gasteiger partial charge in [-0.1, -0.05) is 6.07 Å². The molecule has 5 heteroatoms. The predicted molar refractivity (Wildman–Crippen MR) is 67.5 cm³/mol. The predicted octanol–water partition coefficient (Wildman–Crippen LogP) is 1.31. The second-order valence-corrected chi connectivity index (χ2v) is 6.87. The molecule has 1 fully saturated rings. The van der Waals surface area contributed by atoms with Gasteiger partial charge in [-0.15, -0.1) is 0 Å². The zero-order valence-electron chi connectivity index (χ0n) is 9.96. The fourth-order valence-corrected chi connectivity index (χ4v) is 3.62. The molecule has 2 rings (SSSR count). The number of aromatic nitrogens is 1. The normalized spacial score (nSPS) is 22.2. The van der Waals surface area contributed by atoms with Crippen LogP contribution in [0, 0.1) is 0 Å². The summed E-state index contributed by atoms with van der Waals surface area (Å²) in [5, 5.41) is 3.45. The maximum Gasteiger partial charge on any atom is 0.150 e. The fraction of sp³-hybridized carbons (Fsp3) is 0.583. The summed E-state index contributed by atoms with van der Waals surface area (Å²) in [7, 11) is -2.77. The number of nitrogens with one attached hydrogen (secondary N) is 1. The standard InChI is InChI=1S/C12H18N2O2S/c1-10(12-4-2-3-7-13-12)14-11-5-8-17(15,16)9-6-11/h2-4,7,10-11,14H,5-6,8-9H2,1H3/t10-/m1/s1. The summed E-state index contributed by atoms with van der Waals surface area (Å²) in [4.78, 5) is 4.29. The maximum absolute atomic E-state index is 11.3. The Morgan fingerprint density at radius 1 is 1.35 bits per heavy atom. The molecule has 0 bridgehead atoms. The van der Waals surface area contributed by atoms with Crippen molar-refractivity contribution in [2.75, 3.05) is 11.5 Å². The topological polar surface area (TPSA) is 59.1 Å². The molecular weight excluding hydrogens is 236 g/mol. The van der Waals surface area contributed by atoms with Crippen molar-refractivity contribution in [2.24, 2.45) is 0 Å². The van der Waals surface area contributed by atoms with Crippen LogP contribution in [0.25, 0.3) is 0 Å². The van der Waals surface area contributed by atoms with Crippen molar-refractivity contribution in [3.8, 4) is 0 Å². The quantitative estimate of drug-likeness (QED) is 0.883. The van der Waals surface area contributed by atoms with E-state index in [0.717, 1.165) is 5.69 Å². The molecule has 1 aliphatic heterocycles. The molecule has 94 valence electrons. The van der Waals surface area contributed by atoms with E-state index in [1.807, 2.05) is 18.2 Å². The molecule has 1 aromatic heterocycles. The molecule has 4 nitrogen and oxygen atoms in total. The molecule has 1 saturated heterocycles. The molecule has 0 aliphatic carbocycles. The van der Waals surface area contributed by atoms with Gasteiger partial charge in [-0.05, 0) is 31.9 Å². The van der Waals surface area contributed by atoms with Gasteiger partial charge in [0.15, 0.2) is 0 Å². The first-order valence-electron chi connectivity index (χ1n) is 5.94. The summed E-state index contributed by atoms with van der Waals surface area (Å²) < 4.78 is 22.6. The number of pyridine rings is 1. The molecule has 1 aromatic rings. The minimum Gasteiger partial charge on any atom is -0.306 e. The van der Waals surface area contributed by atoms with E-state index in [9.17, 15) is 8.42 Å². The zero-order valence-corrected chi connectivity index (χ0v) is 10.8. The van der Waals surface area contributed by atoms with Crippen LogP contribution in [0.5, 0.6) is 0 Å². The fourth-order valence-electron chi connectivity index (χ4n) is 2.13. The maximum atomic E-state index is 11.3. The molecule has 1 aliphatic rings. The molecule has 0 aromatic carbocycles. The van der Waals surface area contributed by atoms with Crippen LogP contribution in [0.4, 0.5) is 0 Å². The third-order valence-electron chi connectivity index (χ3n) is 3.17. The van der Waals surface area contributed by atoms with E-state index in [1.54, 1.807) is 6.20 Å². The van der Waals surface area contributed by atoms with Crippen molar-refractivity contribution in [3.05, 3.63) is 30.1 Å². The Bertz CT molecular complexity index is 445. The first-order chi connectivity index (χ1) is 8.07. The monoisotopic (exact) mass is 254 g/mol. The van der Waals surface area contributed by atoms with E-state index in [1.165, 1.54) is 0 Å². The highest BCUT2D eigenvalue weighted by Crippen LogP contribution is 2.16. The third kappa shape index (κ3) is 3.51. The molecular formula is C12H18N2O2S. The minimum absolute atomic E-state index is 0.169. The van der Waals surface area contributed by atoms with Gasteiger partial charge >= 0.3 is 0 Å². The van der Waals surface area contributed by atoms with Gasteiger partial charge in [0.25, 0.3) is 0 Å². The second-order valence-electron chi connectivity index (χ2n) is 4.57. The van der Waals surface area contributed by atoms with E-state index in [2.05, 4.69) is 17.2 Å². The van der Waals surface area contributed by atoms with E-state index >= 15 is 0 Å². The van der Waals surface area contributed by atoms with Gasteiger partial charge < -0.3 is 5.32 Å². The molecule has 2 heterocycles. The number of hydrogen-bond acceptors (Lipinski definition) is 4. The second kappa shape index (κ2) is 5.14. The van der Waals surface area contributed by atoms with Crippen LogP contribution in [0.15, 0.2) is 24.4 Å². The van der Waals surface area contributed by atoms with Crippen LogP contribution in [0.2, 0.25) is 0 Å². The van der Waals surface area contributed by atoms with Gasteiger partial charge in [-0.3, -0.25) is 4.98 Å². The van der Waals surface area contributed by atoms with Crippen LogP contribution in [-0.4, -0.2) is 30.9 Å². The molecule has 1 N–H and O–H groups in total. The van der Waals surface area contributed by atoms with E-state index in [0.29, 0.717) is 24.3 Å². The van der Waals surface area contributed by atoms with Crippen molar-refractivity contribution in [3.63, 3.8) is 0 Å². The summed E-state index contributed by atoms with van der Waals surface area (Å²) in [5.41, 5.74) is 1.00. The smallest absolute Gasteiger partial charge is 0.150 e. The number of sulfone groups is 1. The lowest BCUT2D eigenvalue weighted by Crippen LogP contribution is -2.38. The van der Waals surface area contributed by atoms with Crippen LogP contribution in [0.3, 0.4) is 0 Å². The van der Waals surface area contributed by atoms with Crippen molar-refractivity contribution in [2.45, 2.75) is 31.8 Å². The largest absolute Gasteiger partial charge is 0.306 e. The van der Waals surface area contributed by atoms with E-state index in [-0.39, 0.29) is 12.1 Å². The van der Waals surface area contributed by atoms with Crippen LogP contribution in [-0.2, 0) is 9.84 Å². The van der Waals surface area contributed by atoms with Crippen molar-refractivity contribution < 1.29 is 8.42 Å². The van der Waals surface area contributed by atoms with Crippen LogP contribution < -0.4 is 5.32 Å². The Kier molecular flexibility index (Phi) is 3.79. The number of hydrogen-bond donors (Lipinski definition) is 1. The van der Waals surface area contributed by atoms with Gasteiger partial charge in [0, 0.05) is 18.3 Å². The highest BCUT2D eigenvalue weighted by molar-refractivity contribution is 7.91. The summed E-state index contributed by atoms with van der Waals surface area (Å²) in [6.07, 6.45) is 3.19. The first-order valence-corrected chi connectivity index (χ1v) is 7.76. The van der Waals surface area contributed by atoms with Crippen LogP contribution in [0.1, 0.15) is 31.5 Å². The minimum atomic E-state index is -2.77. The molecule has 0 saturated carbocycles. The van der Waals surface area contributed by atoms with Crippen LogP contribution >= 0.6 is 0 Å². The molecule has 0 unspecified atom stereocenters. The molecule has 0 radical (unpaired) electrons. The summed E-state index contributed by atoms with van der Waals surface area (Å²) in [5.74, 6) is 0.610. The summed E-state index contributed by atoms with van der Waals surface area (Å²) >= 11 is 0. The summed E-state index contributed by atoms with van der Waals surface area (Å²) in [6, 6.07) is 6.30. The average Bonchev–Trinajstić information content (AvgIpc) is 2.33. The Balaban J connectivity index is 1.90. The van der Waals surface area contributed by atoms with Crippen molar-refractivity contribution in [1.82, 2.24) is 10.3 Å². The average molecular weight is 254 g/mol. The molecule has 1 atom stereocenters. The molecule has 17 heavy (non-hydrogen) atoms. The number of nitrogens with zero attached hydrogens (tertiary/aromatic N) is 1. The van der Waals surface area contributed by atoms with Gasteiger partial charge in [-0.2, -0.15) is 0 Å². The Morgan fingerprint density at radius 3 is 2.65 bits per heavy atom. The lowest BCUT2D eigenvalue weighted by Gasteiger charge is -2.26. The Morgan fingerprint density at radius 2 is 2.06 bits per heavy atom. The highest BCUT2D eigenvalue weighted by Gasteiger charge is 2.24. The lowest BCUT2D eigenvalue weighted by molar-refractivity contribution is 0.416. The zero-order chi connectivity index (χ0) is 12.3. The number of rotatable bonds is 3. The third-order valence-corrected chi connectivity index (χ3v) is 4.89. The lowest BCUT2D eigenvalue weighted by atomic mass is 10.1. The first kappa shape index (κ1) is 12.5. The summed E-state index contributed by atoms with van der Waals surface area (Å²) in [6.45, 7) is 2.06. The molecule has 0 spiro atoms. The Hall–Kier alpha value is -0.940. The van der Waals surface area contributed by atoms with E-state index in [4.69, 9.17) is 0 Å². The van der Waals surface area contributed by atoms with Gasteiger partial charge in [0.2, 0.25) is 0 Å². The van der Waals surface area contributed by atoms with Gasteiger partial charge in [0.1, 0.15) is 9.84 Å². The van der Waals surface area contributed by atoms with E-state index < -0.39 is 9.84 Å². The van der Waals surface area contributed by atoms with Crippen molar-refractivity contribution >= 4 is 9.84 Å². The van der Waals surface area contributed by atoms with Gasteiger partial charge in [0.05, 0.1) is 17.2 Å². The molecule has 0 amide bonds.